The Morgan fingerprint density at radius 3 is 2.50 bits per heavy atom. The van der Waals surface area contributed by atoms with Crippen molar-refractivity contribution in [2.45, 2.75) is 49.3 Å². The molecule has 4 heteroatoms. The fraction of sp³-hybridized carbons (Fsp3) is 0.929. The van der Waals surface area contributed by atoms with E-state index in [0.717, 1.165) is 11.8 Å². The fourth-order valence-corrected chi connectivity index (χ4v) is 6.65. The molecule has 2 atom stereocenters. The molecule has 0 saturated heterocycles. The summed E-state index contributed by atoms with van der Waals surface area (Å²) in [6, 6.07) is 0. The van der Waals surface area contributed by atoms with Crippen LogP contribution in [0.4, 0.5) is 0 Å². The third-order valence-corrected chi connectivity index (χ3v) is 6.01. The number of rotatable bonds is 4. The van der Waals surface area contributed by atoms with Crippen molar-refractivity contribution in [2.24, 2.45) is 17.3 Å². The maximum absolute atomic E-state index is 12.0. The monoisotopic (exact) mass is 315 g/mol. The number of aliphatic hydroxyl groups excluding tert-OH is 1. The Labute approximate surface area is 117 Å². The van der Waals surface area contributed by atoms with Crippen LogP contribution in [0.2, 0.25) is 0 Å². The summed E-state index contributed by atoms with van der Waals surface area (Å²) in [5.41, 5.74) is 0.243. The molecule has 4 saturated carbocycles. The maximum atomic E-state index is 12.0. The number of carbonyl (C=O) groups excluding carboxylic acids is 1. The van der Waals surface area contributed by atoms with E-state index in [1.165, 1.54) is 38.5 Å². The van der Waals surface area contributed by atoms with Gasteiger partial charge in [0.25, 0.3) is 0 Å². The summed E-state index contributed by atoms with van der Waals surface area (Å²) in [5.74, 6) is 1.79. The van der Waals surface area contributed by atoms with Crippen molar-refractivity contribution in [2.75, 3.05) is 13.2 Å². The molecule has 4 aliphatic carbocycles. The van der Waals surface area contributed by atoms with Gasteiger partial charge in [0.05, 0.1) is 6.61 Å². The van der Waals surface area contributed by atoms with E-state index in [4.69, 9.17) is 5.11 Å². The second-order valence-electron chi connectivity index (χ2n) is 6.86. The van der Waals surface area contributed by atoms with Crippen molar-refractivity contribution in [3.8, 4) is 0 Å². The molecule has 3 nitrogen and oxygen atoms in total. The predicted molar refractivity (Wildman–Crippen MR) is 73.5 cm³/mol. The van der Waals surface area contributed by atoms with Crippen molar-refractivity contribution < 1.29 is 9.90 Å². The first-order valence-electron chi connectivity index (χ1n) is 7.09. The van der Waals surface area contributed by atoms with Gasteiger partial charge in [0, 0.05) is 17.3 Å². The molecule has 0 aromatic carbocycles. The number of carbonyl (C=O) groups is 1. The Hall–Kier alpha value is -0.0900. The zero-order chi connectivity index (χ0) is 12.8. The van der Waals surface area contributed by atoms with Gasteiger partial charge in [0.15, 0.2) is 0 Å². The normalized spacial score (nSPS) is 45.2. The van der Waals surface area contributed by atoms with Crippen LogP contribution in [0.5, 0.6) is 0 Å². The Kier molecular flexibility index (Phi) is 3.22. The van der Waals surface area contributed by atoms with E-state index in [9.17, 15) is 4.79 Å². The van der Waals surface area contributed by atoms with Gasteiger partial charge in [-0.3, -0.25) is 4.79 Å². The fourth-order valence-electron chi connectivity index (χ4n) is 5.14. The Bertz CT molecular complexity index is 344. The summed E-state index contributed by atoms with van der Waals surface area (Å²) in [6.45, 7) is 0.424. The van der Waals surface area contributed by atoms with Gasteiger partial charge in [-0.2, -0.15) is 0 Å². The van der Waals surface area contributed by atoms with E-state index in [-0.39, 0.29) is 17.9 Å². The quantitative estimate of drug-likeness (QED) is 0.782. The largest absolute Gasteiger partial charge is 0.395 e. The molecule has 0 spiro atoms. The third kappa shape index (κ3) is 2.34. The van der Waals surface area contributed by atoms with E-state index in [2.05, 4.69) is 21.2 Å². The van der Waals surface area contributed by atoms with Crippen LogP contribution >= 0.6 is 15.9 Å². The number of nitrogens with one attached hydrogen (secondary N) is 1. The molecule has 0 aliphatic heterocycles. The molecule has 2 N–H and O–H groups in total. The third-order valence-electron chi connectivity index (χ3n) is 5.08. The highest BCUT2D eigenvalue weighted by molar-refractivity contribution is 9.10. The smallest absolute Gasteiger partial charge is 0.220 e. The summed E-state index contributed by atoms with van der Waals surface area (Å²) in [4.78, 5) is 12.0. The first kappa shape index (κ1) is 12.9. The van der Waals surface area contributed by atoms with E-state index < -0.39 is 0 Å². The van der Waals surface area contributed by atoms with Gasteiger partial charge in [-0.15, -0.1) is 0 Å². The highest BCUT2D eigenvalue weighted by atomic mass is 79.9. The van der Waals surface area contributed by atoms with Crippen LogP contribution in [0.15, 0.2) is 0 Å². The molecule has 4 aliphatic rings. The molecule has 2 unspecified atom stereocenters. The topological polar surface area (TPSA) is 49.3 Å². The molecule has 102 valence electrons. The number of alkyl halides is 1. The van der Waals surface area contributed by atoms with Crippen LogP contribution in [0.25, 0.3) is 0 Å². The van der Waals surface area contributed by atoms with Gasteiger partial charge in [-0.05, 0) is 55.8 Å². The minimum Gasteiger partial charge on any atom is -0.395 e. The average molecular weight is 316 g/mol. The van der Waals surface area contributed by atoms with Crippen LogP contribution in [0, 0.1) is 17.3 Å². The number of amides is 1. The van der Waals surface area contributed by atoms with Crippen LogP contribution in [-0.4, -0.2) is 28.5 Å². The Balaban J connectivity index is 1.69. The van der Waals surface area contributed by atoms with E-state index in [1.807, 2.05) is 0 Å². The van der Waals surface area contributed by atoms with Crippen LogP contribution < -0.4 is 5.32 Å². The van der Waals surface area contributed by atoms with E-state index >= 15 is 0 Å². The minimum atomic E-state index is 0.0341. The van der Waals surface area contributed by atoms with Crippen molar-refractivity contribution >= 4 is 21.8 Å². The number of aliphatic hydroxyl groups is 1. The van der Waals surface area contributed by atoms with Crippen molar-refractivity contribution in [1.82, 2.24) is 5.32 Å². The van der Waals surface area contributed by atoms with Gasteiger partial charge in [-0.1, -0.05) is 15.9 Å². The lowest BCUT2D eigenvalue weighted by Crippen LogP contribution is -2.54. The average Bonchev–Trinajstić information content (AvgIpc) is 2.21. The van der Waals surface area contributed by atoms with Crippen molar-refractivity contribution in [3.63, 3.8) is 0 Å². The molecular weight excluding hydrogens is 294 g/mol. The first-order valence-corrected chi connectivity index (χ1v) is 7.88. The zero-order valence-electron chi connectivity index (χ0n) is 10.8. The second-order valence-corrected chi connectivity index (χ2v) is 8.54. The number of hydrogen-bond donors (Lipinski definition) is 2. The molecule has 0 aromatic heterocycles. The lowest BCUT2D eigenvalue weighted by molar-refractivity contribution is -0.128. The number of halogens is 1. The van der Waals surface area contributed by atoms with Gasteiger partial charge in [0.1, 0.15) is 0 Å². The summed E-state index contributed by atoms with van der Waals surface area (Å²) in [6.07, 6.45) is 8.31. The highest BCUT2D eigenvalue weighted by Gasteiger charge is 2.57. The highest BCUT2D eigenvalue weighted by Crippen LogP contribution is 2.65. The molecule has 4 bridgehead atoms. The lowest BCUT2D eigenvalue weighted by Gasteiger charge is -2.60. The molecule has 4 fully saturated rings. The summed E-state index contributed by atoms with van der Waals surface area (Å²) in [7, 11) is 0. The van der Waals surface area contributed by atoms with Gasteiger partial charge in [0.2, 0.25) is 5.91 Å². The van der Waals surface area contributed by atoms with Crippen LogP contribution in [0.1, 0.15) is 44.9 Å². The summed E-state index contributed by atoms with van der Waals surface area (Å²) in [5, 5.41) is 11.6. The van der Waals surface area contributed by atoms with Gasteiger partial charge >= 0.3 is 0 Å². The zero-order valence-corrected chi connectivity index (χ0v) is 12.3. The second kappa shape index (κ2) is 4.48. The van der Waals surface area contributed by atoms with Gasteiger partial charge < -0.3 is 10.4 Å². The van der Waals surface area contributed by atoms with Gasteiger partial charge in [-0.25, -0.2) is 0 Å². The van der Waals surface area contributed by atoms with Crippen LogP contribution in [0.3, 0.4) is 0 Å². The summed E-state index contributed by atoms with van der Waals surface area (Å²) >= 11 is 3.96. The Morgan fingerprint density at radius 1 is 1.28 bits per heavy atom. The van der Waals surface area contributed by atoms with E-state index in [0.29, 0.717) is 17.3 Å². The molecule has 18 heavy (non-hydrogen) atoms. The maximum Gasteiger partial charge on any atom is 0.220 e. The molecular formula is C14H22BrNO2. The number of hydrogen-bond acceptors (Lipinski definition) is 2. The Morgan fingerprint density at radius 2 is 1.94 bits per heavy atom. The predicted octanol–water partition coefficient (Wildman–Crippen LogP) is 2.22. The van der Waals surface area contributed by atoms with Crippen molar-refractivity contribution in [3.05, 3.63) is 0 Å². The standard InChI is InChI=1S/C14H22BrNO2/c15-14-6-10-3-11(7-14)5-13(4-10,9-14)8-12(18)16-1-2-17/h10-11,17H,1-9H2,(H,16,18). The molecule has 4 rings (SSSR count). The molecule has 1 amide bonds. The molecule has 0 radical (unpaired) electrons. The molecule has 0 aromatic rings. The lowest BCUT2D eigenvalue weighted by atomic mass is 9.48. The minimum absolute atomic E-state index is 0.0341. The van der Waals surface area contributed by atoms with Crippen molar-refractivity contribution in [1.29, 1.82) is 0 Å². The molecule has 0 heterocycles. The van der Waals surface area contributed by atoms with Crippen LogP contribution in [-0.2, 0) is 4.79 Å². The first-order chi connectivity index (χ1) is 8.53. The summed E-state index contributed by atoms with van der Waals surface area (Å²) < 4.78 is 0.328. The SMILES string of the molecule is O=C(CC12CC3CC(CC(Br)(C3)C1)C2)NCCO. The van der Waals surface area contributed by atoms with E-state index in [1.54, 1.807) is 0 Å².